The number of carbonyl (C=O) groups is 3. The predicted octanol–water partition coefficient (Wildman–Crippen LogP) is 6.20. The summed E-state index contributed by atoms with van der Waals surface area (Å²) in [5, 5.41) is 16.3. The molecular formula is C30H27ClF5N3O6. The number of rotatable bonds is 6. The summed E-state index contributed by atoms with van der Waals surface area (Å²) in [5.74, 6) is -4.59. The summed E-state index contributed by atoms with van der Waals surface area (Å²) in [5.41, 5.74) is -7.05. The Morgan fingerprint density at radius 2 is 1.73 bits per heavy atom. The van der Waals surface area contributed by atoms with E-state index < -0.39 is 63.7 Å². The van der Waals surface area contributed by atoms with Gasteiger partial charge in [-0.1, -0.05) is 11.6 Å². The number of ether oxygens (including phenoxy) is 2. The molecule has 1 aliphatic heterocycles. The third-order valence-corrected chi connectivity index (χ3v) is 6.94. The minimum atomic E-state index is -4.98. The zero-order valence-corrected chi connectivity index (χ0v) is 25.2. The molecule has 0 aliphatic carbocycles. The van der Waals surface area contributed by atoms with Gasteiger partial charge in [-0.25, -0.2) is 13.6 Å². The Balaban J connectivity index is 1.93. The van der Waals surface area contributed by atoms with Crippen molar-refractivity contribution in [1.82, 2.24) is 10.2 Å². The summed E-state index contributed by atoms with van der Waals surface area (Å²) < 4.78 is 79.5. The Morgan fingerprint density at radius 3 is 2.33 bits per heavy atom. The highest BCUT2D eigenvalue weighted by molar-refractivity contribution is 6.31. The molecule has 3 aromatic rings. The SMILES string of the molecule is COc1c(CN(C)C(=O)OC(C)(C)C)cc(NC(=O)c2cc(F)cc(C(F)(F)F)c2)c2c1C(=O)NC2(O)c1cc(F)ccc1Cl. The first-order valence-electron chi connectivity index (χ1n) is 13.1. The van der Waals surface area contributed by atoms with Crippen molar-refractivity contribution < 1.29 is 50.9 Å². The largest absolute Gasteiger partial charge is 0.496 e. The van der Waals surface area contributed by atoms with E-state index in [2.05, 4.69) is 10.6 Å². The number of carbonyl (C=O) groups excluding carboxylic acids is 3. The van der Waals surface area contributed by atoms with Crippen LogP contribution >= 0.6 is 11.6 Å². The van der Waals surface area contributed by atoms with Gasteiger partial charge in [-0.3, -0.25) is 9.59 Å². The van der Waals surface area contributed by atoms with Gasteiger partial charge in [0, 0.05) is 34.3 Å². The summed E-state index contributed by atoms with van der Waals surface area (Å²) in [6, 6.07) is 5.32. The number of hydrogen-bond donors (Lipinski definition) is 3. The van der Waals surface area contributed by atoms with E-state index in [1.807, 2.05) is 0 Å². The molecule has 15 heteroatoms. The minimum absolute atomic E-state index is 0.0832. The highest BCUT2D eigenvalue weighted by Gasteiger charge is 2.49. The van der Waals surface area contributed by atoms with Crippen molar-refractivity contribution in [2.24, 2.45) is 0 Å². The molecule has 240 valence electrons. The minimum Gasteiger partial charge on any atom is -0.496 e. The molecule has 0 saturated carbocycles. The van der Waals surface area contributed by atoms with Crippen molar-refractivity contribution in [2.75, 3.05) is 19.5 Å². The molecule has 4 rings (SSSR count). The highest BCUT2D eigenvalue weighted by atomic mass is 35.5. The maximum absolute atomic E-state index is 14.3. The topological polar surface area (TPSA) is 117 Å². The van der Waals surface area contributed by atoms with Crippen LogP contribution in [0.2, 0.25) is 5.02 Å². The zero-order valence-electron chi connectivity index (χ0n) is 24.5. The lowest BCUT2D eigenvalue weighted by Crippen LogP contribution is -2.41. The smallest absolute Gasteiger partial charge is 0.416 e. The molecule has 45 heavy (non-hydrogen) atoms. The summed E-state index contributed by atoms with van der Waals surface area (Å²) >= 11 is 6.27. The van der Waals surface area contributed by atoms with E-state index in [1.165, 1.54) is 20.2 Å². The number of halogens is 6. The Morgan fingerprint density at radius 1 is 1.07 bits per heavy atom. The molecule has 1 heterocycles. The second kappa shape index (κ2) is 11.8. The van der Waals surface area contributed by atoms with Crippen LogP contribution in [-0.4, -0.2) is 47.7 Å². The molecule has 3 aromatic carbocycles. The molecular weight excluding hydrogens is 629 g/mol. The maximum Gasteiger partial charge on any atom is 0.416 e. The lowest BCUT2D eigenvalue weighted by molar-refractivity contribution is -0.137. The van der Waals surface area contributed by atoms with Gasteiger partial charge in [0.1, 0.15) is 23.0 Å². The monoisotopic (exact) mass is 655 g/mol. The van der Waals surface area contributed by atoms with Gasteiger partial charge >= 0.3 is 12.3 Å². The van der Waals surface area contributed by atoms with Gasteiger partial charge in [0.2, 0.25) is 0 Å². The van der Waals surface area contributed by atoms with Gasteiger partial charge in [0.25, 0.3) is 11.8 Å². The molecule has 0 saturated heterocycles. The molecule has 9 nitrogen and oxygen atoms in total. The highest BCUT2D eigenvalue weighted by Crippen LogP contribution is 2.47. The van der Waals surface area contributed by atoms with Crippen molar-refractivity contribution in [1.29, 1.82) is 0 Å². The van der Waals surface area contributed by atoms with Gasteiger partial charge in [-0.15, -0.1) is 0 Å². The summed E-state index contributed by atoms with van der Waals surface area (Å²) in [4.78, 5) is 40.6. The molecule has 0 bridgehead atoms. The van der Waals surface area contributed by atoms with Crippen LogP contribution in [-0.2, 0) is 23.2 Å². The number of amides is 3. The third kappa shape index (κ3) is 6.81. The number of fused-ring (bicyclic) bond motifs is 1. The Labute approximate surface area is 258 Å². The summed E-state index contributed by atoms with van der Waals surface area (Å²) in [7, 11) is 2.56. The molecule has 0 radical (unpaired) electrons. The molecule has 0 aromatic heterocycles. The predicted molar refractivity (Wildman–Crippen MR) is 152 cm³/mol. The van der Waals surface area contributed by atoms with Crippen molar-refractivity contribution in [3.63, 3.8) is 0 Å². The average molecular weight is 656 g/mol. The number of nitrogens with zero attached hydrogens (tertiary/aromatic N) is 1. The average Bonchev–Trinajstić information content (AvgIpc) is 3.19. The van der Waals surface area contributed by atoms with Gasteiger partial charge < -0.3 is 30.1 Å². The van der Waals surface area contributed by atoms with Gasteiger partial charge in [0.15, 0.2) is 5.72 Å². The van der Waals surface area contributed by atoms with E-state index in [-0.39, 0.29) is 45.8 Å². The zero-order chi connectivity index (χ0) is 33.6. The fourth-order valence-electron chi connectivity index (χ4n) is 4.77. The Hall–Kier alpha value is -4.43. The first kappa shape index (κ1) is 33.5. The van der Waals surface area contributed by atoms with E-state index in [1.54, 1.807) is 20.8 Å². The Bertz CT molecular complexity index is 1710. The number of nitrogens with one attached hydrogen (secondary N) is 2. The number of aliphatic hydroxyl groups is 1. The van der Waals surface area contributed by atoms with Crippen molar-refractivity contribution in [2.45, 2.75) is 44.8 Å². The van der Waals surface area contributed by atoms with Crippen LogP contribution < -0.4 is 15.4 Å². The number of methoxy groups -OCH3 is 1. The first-order chi connectivity index (χ1) is 20.7. The quantitative estimate of drug-likeness (QED) is 0.272. The van der Waals surface area contributed by atoms with Crippen LogP contribution in [0.25, 0.3) is 0 Å². The van der Waals surface area contributed by atoms with Crippen molar-refractivity contribution >= 4 is 35.2 Å². The molecule has 1 unspecified atom stereocenters. The second-order valence-corrected chi connectivity index (χ2v) is 11.6. The van der Waals surface area contributed by atoms with E-state index in [0.717, 1.165) is 23.1 Å². The number of hydrogen-bond acceptors (Lipinski definition) is 6. The van der Waals surface area contributed by atoms with Crippen LogP contribution in [0.15, 0.2) is 42.5 Å². The van der Waals surface area contributed by atoms with Crippen LogP contribution in [0.1, 0.15) is 63.7 Å². The summed E-state index contributed by atoms with van der Waals surface area (Å²) in [6.07, 6.45) is -5.76. The van der Waals surface area contributed by atoms with Gasteiger partial charge in [-0.05, 0) is 63.2 Å². The van der Waals surface area contributed by atoms with Crippen molar-refractivity contribution in [3.8, 4) is 5.75 Å². The van der Waals surface area contributed by atoms with Crippen LogP contribution in [0, 0.1) is 11.6 Å². The molecule has 1 aliphatic rings. The van der Waals surface area contributed by atoms with E-state index in [0.29, 0.717) is 12.1 Å². The number of benzene rings is 3. The number of alkyl halides is 3. The Kier molecular flexibility index (Phi) is 8.79. The van der Waals surface area contributed by atoms with E-state index >= 15 is 0 Å². The van der Waals surface area contributed by atoms with Gasteiger partial charge in [0.05, 0.1) is 30.5 Å². The van der Waals surface area contributed by atoms with E-state index in [9.17, 15) is 41.4 Å². The van der Waals surface area contributed by atoms with Crippen molar-refractivity contribution in [3.05, 3.63) is 92.5 Å². The molecule has 1 atom stereocenters. The number of anilines is 1. The second-order valence-electron chi connectivity index (χ2n) is 11.2. The lowest BCUT2D eigenvalue weighted by atomic mass is 9.90. The van der Waals surface area contributed by atoms with E-state index in [4.69, 9.17) is 21.1 Å². The molecule has 0 spiro atoms. The molecule has 0 fully saturated rings. The molecule has 3 amide bonds. The standard InChI is InChI=1S/C30H27ClF5N3O6/c1-28(2,3)45-27(42)39(4)13-15-10-21(37-25(40)14-8-16(30(34,35)36)11-18(33)9-14)23-22(24(15)44-5)26(41)38-29(23,43)19-12-17(32)6-7-20(19)31/h6-12,43H,13H2,1-5H3,(H,37,40)(H,38,41). The fourth-order valence-corrected chi connectivity index (χ4v) is 5.02. The van der Waals surface area contributed by atoms with Gasteiger partial charge in [-0.2, -0.15) is 13.2 Å². The maximum atomic E-state index is 14.3. The molecule has 3 N–H and O–H groups in total. The normalized spacial score (nSPS) is 16.1. The van der Waals surface area contributed by atoms with Crippen LogP contribution in [0.5, 0.6) is 5.75 Å². The lowest BCUT2D eigenvalue weighted by Gasteiger charge is -2.29. The summed E-state index contributed by atoms with van der Waals surface area (Å²) in [6.45, 7) is 4.63. The first-order valence-corrected chi connectivity index (χ1v) is 13.5. The third-order valence-electron chi connectivity index (χ3n) is 6.61. The fraction of sp³-hybridized carbons (Fsp3) is 0.300. The van der Waals surface area contributed by atoms with Crippen LogP contribution in [0.4, 0.5) is 32.4 Å². The van der Waals surface area contributed by atoms with Crippen LogP contribution in [0.3, 0.4) is 0 Å².